The molecule has 2 aliphatic rings. The van der Waals surface area contributed by atoms with E-state index in [-0.39, 0.29) is 0 Å². The van der Waals surface area contributed by atoms with Gasteiger partial charge in [-0.1, -0.05) is 5.57 Å². The predicted octanol–water partition coefficient (Wildman–Crippen LogP) is 4.87. The van der Waals surface area contributed by atoms with Crippen LogP contribution in [0.25, 0.3) is 5.57 Å². The van der Waals surface area contributed by atoms with Gasteiger partial charge in [0, 0.05) is 19.1 Å². The van der Waals surface area contributed by atoms with Gasteiger partial charge < -0.3 is 0 Å². The van der Waals surface area contributed by atoms with Crippen LogP contribution in [-0.4, -0.2) is 24.0 Å². The molecule has 0 spiro atoms. The molecule has 0 radical (unpaired) electrons. The minimum atomic E-state index is 0.919. The lowest BCUT2D eigenvalue weighted by atomic mass is 9.91. The minimum absolute atomic E-state index is 0.919. The van der Waals surface area contributed by atoms with E-state index in [9.17, 15) is 0 Å². The Bertz CT molecular complexity index is 545. The first-order valence-electron chi connectivity index (χ1n) is 7.43. The number of thiophene rings is 2. The smallest absolute Gasteiger partial charge is 0.00966 e. The highest BCUT2D eigenvalue weighted by Gasteiger charge is 2.31. The van der Waals surface area contributed by atoms with Crippen molar-refractivity contribution >= 4 is 28.2 Å². The van der Waals surface area contributed by atoms with Crippen molar-refractivity contribution in [3.8, 4) is 0 Å². The minimum Gasteiger partial charge on any atom is -0.300 e. The summed E-state index contributed by atoms with van der Waals surface area (Å²) in [6.07, 6.45) is 5.36. The molecule has 2 aromatic rings. The number of likely N-dealkylation sites (tertiary alicyclic amines) is 1. The summed E-state index contributed by atoms with van der Waals surface area (Å²) in [6, 6.07) is 5.47. The highest BCUT2D eigenvalue weighted by Crippen LogP contribution is 2.36. The molecule has 3 heteroatoms. The zero-order valence-electron chi connectivity index (χ0n) is 11.5. The molecule has 0 aromatic carbocycles. The van der Waals surface area contributed by atoms with E-state index in [1.54, 1.807) is 28.2 Å². The fourth-order valence-corrected chi connectivity index (χ4v) is 4.53. The second-order valence-electron chi connectivity index (χ2n) is 5.77. The maximum Gasteiger partial charge on any atom is 0.00966 e. The number of hydrogen-bond donors (Lipinski definition) is 0. The van der Waals surface area contributed by atoms with Crippen LogP contribution in [0.4, 0.5) is 0 Å². The van der Waals surface area contributed by atoms with Crippen LogP contribution in [0.1, 0.15) is 36.8 Å². The lowest BCUT2D eigenvalue weighted by Gasteiger charge is -2.29. The van der Waals surface area contributed by atoms with E-state index in [1.165, 1.54) is 55.5 Å². The second-order valence-corrected chi connectivity index (χ2v) is 7.33. The quantitative estimate of drug-likeness (QED) is 0.782. The van der Waals surface area contributed by atoms with E-state index in [4.69, 9.17) is 0 Å². The zero-order chi connectivity index (χ0) is 13.4. The molecule has 1 aliphatic heterocycles. The monoisotopic (exact) mass is 301 g/mol. The third-order valence-corrected chi connectivity index (χ3v) is 5.80. The highest BCUT2D eigenvalue weighted by atomic mass is 32.1. The molecule has 1 nitrogen and oxygen atoms in total. The van der Waals surface area contributed by atoms with Crippen LogP contribution in [0.3, 0.4) is 0 Å². The molecule has 104 valence electrons. The van der Waals surface area contributed by atoms with Crippen LogP contribution in [0.15, 0.2) is 39.2 Å². The Labute approximate surface area is 128 Å². The van der Waals surface area contributed by atoms with Crippen molar-refractivity contribution in [1.82, 2.24) is 4.90 Å². The SMILES string of the molecule is c1cc(C(=C2CCN(C3CC3)CC2)c2ccsc2)cs1. The summed E-state index contributed by atoms with van der Waals surface area (Å²) in [7, 11) is 0. The van der Waals surface area contributed by atoms with Crippen LogP contribution in [0, 0.1) is 0 Å². The van der Waals surface area contributed by atoms with E-state index in [2.05, 4.69) is 38.6 Å². The van der Waals surface area contributed by atoms with Gasteiger partial charge in [0.2, 0.25) is 0 Å². The van der Waals surface area contributed by atoms with Gasteiger partial charge in [0.1, 0.15) is 0 Å². The van der Waals surface area contributed by atoms with Crippen molar-refractivity contribution in [2.24, 2.45) is 0 Å². The molecule has 20 heavy (non-hydrogen) atoms. The number of rotatable bonds is 3. The number of piperidine rings is 1. The Kier molecular flexibility index (Phi) is 3.51. The maximum atomic E-state index is 2.70. The van der Waals surface area contributed by atoms with Crippen molar-refractivity contribution in [3.05, 3.63) is 50.4 Å². The van der Waals surface area contributed by atoms with Crippen LogP contribution in [0.5, 0.6) is 0 Å². The maximum absolute atomic E-state index is 2.70. The Hall–Kier alpha value is -0.900. The normalized spacial score (nSPS) is 20.3. The van der Waals surface area contributed by atoms with Gasteiger partial charge in [-0.15, -0.1) is 0 Å². The Morgan fingerprint density at radius 3 is 2.00 bits per heavy atom. The summed E-state index contributed by atoms with van der Waals surface area (Å²) in [6.45, 7) is 2.52. The van der Waals surface area contributed by atoms with E-state index in [1.807, 2.05) is 0 Å². The molecule has 2 fully saturated rings. The topological polar surface area (TPSA) is 3.24 Å². The summed E-state index contributed by atoms with van der Waals surface area (Å²) in [5, 5.41) is 8.99. The molecule has 0 atom stereocenters. The molecule has 1 aliphatic carbocycles. The standard InChI is InChI=1S/C17H19NS2/c1-2-16(1)18-7-3-13(4-8-18)17(14-5-9-19-11-14)15-6-10-20-12-15/h5-6,9-12,16H,1-4,7-8H2. The zero-order valence-corrected chi connectivity index (χ0v) is 13.2. The molecule has 0 unspecified atom stereocenters. The number of hydrogen-bond acceptors (Lipinski definition) is 3. The van der Waals surface area contributed by atoms with Crippen molar-refractivity contribution < 1.29 is 0 Å². The van der Waals surface area contributed by atoms with Gasteiger partial charge >= 0.3 is 0 Å². The van der Waals surface area contributed by atoms with Gasteiger partial charge in [-0.25, -0.2) is 0 Å². The van der Waals surface area contributed by atoms with E-state index in [0.717, 1.165) is 6.04 Å². The van der Waals surface area contributed by atoms with Crippen molar-refractivity contribution in [3.63, 3.8) is 0 Å². The molecule has 2 aromatic heterocycles. The average Bonchev–Trinajstić information content (AvgIpc) is 2.97. The molecule has 0 N–H and O–H groups in total. The fraction of sp³-hybridized carbons (Fsp3) is 0.412. The van der Waals surface area contributed by atoms with Crippen molar-refractivity contribution in [2.45, 2.75) is 31.7 Å². The molecule has 1 saturated carbocycles. The fourth-order valence-electron chi connectivity index (χ4n) is 3.24. The van der Waals surface area contributed by atoms with E-state index >= 15 is 0 Å². The van der Waals surface area contributed by atoms with E-state index < -0.39 is 0 Å². The predicted molar refractivity (Wildman–Crippen MR) is 88.5 cm³/mol. The molecule has 3 heterocycles. The third-order valence-electron chi connectivity index (χ3n) is 4.44. The van der Waals surface area contributed by atoms with Gasteiger partial charge in [-0.2, -0.15) is 22.7 Å². The summed E-state index contributed by atoms with van der Waals surface area (Å²) in [5.74, 6) is 0. The summed E-state index contributed by atoms with van der Waals surface area (Å²) in [5.41, 5.74) is 6.02. The van der Waals surface area contributed by atoms with Crippen LogP contribution < -0.4 is 0 Å². The van der Waals surface area contributed by atoms with Gasteiger partial charge in [-0.05, 0) is 76.0 Å². The summed E-state index contributed by atoms with van der Waals surface area (Å²) < 4.78 is 0. The Morgan fingerprint density at radius 2 is 1.55 bits per heavy atom. The molecular weight excluding hydrogens is 282 g/mol. The highest BCUT2D eigenvalue weighted by molar-refractivity contribution is 7.08. The average molecular weight is 301 g/mol. The summed E-state index contributed by atoms with van der Waals surface area (Å²) >= 11 is 3.61. The molecule has 4 rings (SSSR count). The second kappa shape index (κ2) is 5.47. The Balaban J connectivity index is 1.66. The third kappa shape index (κ3) is 2.50. The van der Waals surface area contributed by atoms with Gasteiger partial charge in [-0.3, -0.25) is 4.90 Å². The lowest BCUT2D eigenvalue weighted by Crippen LogP contribution is -2.32. The van der Waals surface area contributed by atoms with Crippen LogP contribution >= 0.6 is 22.7 Å². The first-order valence-corrected chi connectivity index (χ1v) is 9.31. The van der Waals surface area contributed by atoms with Gasteiger partial charge in [0.05, 0.1) is 0 Å². The van der Waals surface area contributed by atoms with Crippen LogP contribution in [0.2, 0.25) is 0 Å². The molecular formula is C17H19NS2. The van der Waals surface area contributed by atoms with Crippen LogP contribution in [-0.2, 0) is 0 Å². The summed E-state index contributed by atoms with van der Waals surface area (Å²) in [4.78, 5) is 2.70. The number of nitrogens with zero attached hydrogens (tertiary/aromatic N) is 1. The first-order chi connectivity index (χ1) is 9.92. The molecule has 1 saturated heterocycles. The Morgan fingerprint density at radius 1 is 0.950 bits per heavy atom. The molecule has 0 amide bonds. The molecule has 0 bridgehead atoms. The first kappa shape index (κ1) is 12.8. The van der Waals surface area contributed by atoms with Gasteiger partial charge in [0.15, 0.2) is 0 Å². The van der Waals surface area contributed by atoms with Gasteiger partial charge in [0.25, 0.3) is 0 Å². The largest absolute Gasteiger partial charge is 0.300 e. The van der Waals surface area contributed by atoms with Crippen molar-refractivity contribution in [2.75, 3.05) is 13.1 Å². The lowest BCUT2D eigenvalue weighted by molar-refractivity contribution is 0.247. The van der Waals surface area contributed by atoms with E-state index in [0.29, 0.717) is 0 Å². The van der Waals surface area contributed by atoms with Crippen molar-refractivity contribution in [1.29, 1.82) is 0 Å².